The first-order chi connectivity index (χ1) is 22.8. The molecule has 3 heterocycles. The smallest absolute Gasteiger partial charge is 0.164 e. The van der Waals surface area contributed by atoms with Gasteiger partial charge in [0.2, 0.25) is 0 Å². The molecule has 0 aliphatic heterocycles. The van der Waals surface area contributed by atoms with E-state index in [9.17, 15) is 0 Å². The van der Waals surface area contributed by atoms with Crippen molar-refractivity contribution in [2.45, 2.75) is 0 Å². The van der Waals surface area contributed by atoms with Gasteiger partial charge in [0.05, 0.1) is 0 Å². The molecule has 0 bridgehead atoms. The van der Waals surface area contributed by atoms with Gasteiger partial charge in [-0.05, 0) is 80.6 Å². The predicted octanol–water partition coefficient (Wildman–Crippen LogP) is 9.82. The van der Waals surface area contributed by atoms with Crippen LogP contribution in [0, 0.1) is 0 Å². The van der Waals surface area contributed by atoms with Gasteiger partial charge in [0.15, 0.2) is 17.5 Å². The Morgan fingerprint density at radius 2 is 0.870 bits per heavy atom. The van der Waals surface area contributed by atoms with Crippen molar-refractivity contribution in [3.63, 3.8) is 0 Å². The maximum atomic E-state index is 4.99. The lowest BCUT2D eigenvalue weighted by molar-refractivity contribution is 1.07. The van der Waals surface area contributed by atoms with Gasteiger partial charge in [-0.3, -0.25) is 9.97 Å². The van der Waals surface area contributed by atoms with Gasteiger partial charge in [0.25, 0.3) is 0 Å². The highest BCUT2D eigenvalue weighted by Crippen LogP contribution is 2.40. The summed E-state index contributed by atoms with van der Waals surface area (Å²) < 4.78 is 0. The van der Waals surface area contributed by atoms with Gasteiger partial charge in [-0.15, -0.1) is 0 Å². The quantitative estimate of drug-likeness (QED) is 0.193. The molecule has 0 aliphatic rings. The zero-order chi connectivity index (χ0) is 30.7. The molecule has 0 amide bonds. The maximum Gasteiger partial charge on any atom is 0.164 e. The van der Waals surface area contributed by atoms with Crippen molar-refractivity contribution in [2.75, 3.05) is 0 Å². The van der Waals surface area contributed by atoms with Gasteiger partial charge >= 0.3 is 0 Å². The maximum absolute atomic E-state index is 4.99. The van der Waals surface area contributed by atoms with Gasteiger partial charge in [0, 0.05) is 41.5 Å². The normalized spacial score (nSPS) is 11.0. The molecule has 5 nitrogen and oxygen atoms in total. The molecular weight excluding hydrogens is 562 g/mol. The second-order valence-corrected chi connectivity index (χ2v) is 11.0. The third-order valence-electron chi connectivity index (χ3n) is 8.15. The van der Waals surface area contributed by atoms with Crippen LogP contribution in [0.15, 0.2) is 164 Å². The third-order valence-corrected chi connectivity index (χ3v) is 8.15. The molecule has 0 spiro atoms. The van der Waals surface area contributed by atoms with E-state index in [1.807, 2.05) is 30.3 Å². The Kier molecular flexibility index (Phi) is 7.09. The van der Waals surface area contributed by atoms with Crippen LogP contribution in [0.2, 0.25) is 0 Å². The van der Waals surface area contributed by atoms with Gasteiger partial charge in [-0.2, -0.15) is 0 Å². The standard InChI is InChI=1S/C41H27N5/c1-2-8-28(9-3-1)32-12-6-13-33(26-32)36-17-16-34(27-38(36)37-15-7-11-29-10-4-5-14-35(29)37)41-45-39(30-18-22-42-23-19-30)44-40(46-41)31-20-24-43-25-21-31/h1-27H. The average molecular weight is 590 g/mol. The van der Waals surface area contributed by atoms with Crippen LogP contribution in [-0.2, 0) is 0 Å². The molecular formula is C41H27N5. The molecule has 0 atom stereocenters. The topological polar surface area (TPSA) is 64.5 Å². The number of rotatable bonds is 6. The summed E-state index contributed by atoms with van der Waals surface area (Å²) in [5.41, 5.74) is 9.54. The van der Waals surface area contributed by atoms with E-state index < -0.39 is 0 Å². The Morgan fingerprint density at radius 1 is 0.304 bits per heavy atom. The summed E-state index contributed by atoms with van der Waals surface area (Å²) in [7, 11) is 0. The summed E-state index contributed by atoms with van der Waals surface area (Å²) in [5, 5.41) is 2.38. The number of nitrogens with zero attached hydrogens (tertiary/aromatic N) is 5. The van der Waals surface area contributed by atoms with Crippen molar-refractivity contribution in [3.05, 3.63) is 164 Å². The minimum atomic E-state index is 0.588. The van der Waals surface area contributed by atoms with Crippen LogP contribution in [0.1, 0.15) is 0 Å². The van der Waals surface area contributed by atoms with Crippen molar-refractivity contribution in [1.82, 2.24) is 24.9 Å². The van der Waals surface area contributed by atoms with Crippen LogP contribution in [0.3, 0.4) is 0 Å². The number of aromatic nitrogens is 5. The summed E-state index contributed by atoms with van der Waals surface area (Å²) in [6, 6.07) is 48.4. The average Bonchev–Trinajstić information content (AvgIpc) is 3.15. The summed E-state index contributed by atoms with van der Waals surface area (Å²) >= 11 is 0. The molecule has 3 aromatic heterocycles. The fourth-order valence-electron chi connectivity index (χ4n) is 5.88. The number of pyridine rings is 2. The molecule has 5 heteroatoms. The van der Waals surface area contributed by atoms with E-state index in [-0.39, 0.29) is 0 Å². The SMILES string of the molecule is c1ccc(-c2cccc(-c3ccc(-c4nc(-c5ccncc5)nc(-c5ccncc5)n4)cc3-c3cccc4ccccc34)c2)cc1. The predicted molar refractivity (Wildman–Crippen MR) is 186 cm³/mol. The van der Waals surface area contributed by atoms with Crippen molar-refractivity contribution < 1.29 is 0 Å². The van der Waals surface area contributed by atoms with Crippen molar-refractivity contribution in [1.29, 1.82) is 0 Å². The molecule has 0 radical (unpaired) electrons. The Labute approximate surface area is 267 Å². The Hall–Kier alpha value is -6.33. The summed E-state index contributed by atoms with van der Waals surface area (Å²) in [4.78, 5) is 23.2. The second-order valence-electron chi connectivity index (χ2n) is 11.0. The number of fused-ring (bicyclic) bond motifs is 1. The largest absolute Gasteiger partial charge is 0.265 e. The summed E-state index contributed by atoms with van der Waals surface area (Å²) in [6.07, 6.45) is 7.01. The Bertz CT molecular complexity index is 2240. The Morgan fingerprint density at radius 3 is 1.59 bits per heavy atom. The first-order valence-electron chi connectivity index (χ1n) is 15.2. The van der Waals surface area contributed by atoms with Crippen LogP contribution in [0.25, 0.3) is 78.3 Å². The van der Waals surface area contributed by atoms with Gasteiger partial charge < -0.3 is 0 Å². The summed E-state index contributed by atoms with van der Waals surface area (Å²) in [6.45, 7) is 0. The highest BCUT2D eigenvalue weighted by molar-refractivity contribution is 6.01. The van der Waals surface area contributed by atoms with Crippen LogP contribution in [-0.4, -0.2) is 24.9 Å². The lowest BCUT2D eigenvalue weighted by Gasteiger charge is -2.16. The molecule has 0 saturated carbocycles. The zero-order valence-corrected chi connectivity index (χ0v) is 24.8. The van der Waals surface area contributed by atoms with E-state index in [4.69, 9.17) is 15.0 Å². The molecule has 0 fully saturated rings. The summed E-state index contributed by atoms with van der Waals surface area (Å²) in [5.74, 6) is 1.77. The molecule has 0 unspecified atom stereocenters. The minimum absolute atomic E-state index is 0.588. The molecule has 46 heavy (non-hydrogen) atoms. The van der Waals surface area contributed by atoms with E-state index in [0.717, 1.165) is 38.9 Å². The van der Waals surface area contributed by atoms with Crippen molar-refractivity contribution >= 4 is 10.8 Å². The number of hydrogen-bond donors (Lipinski definition) is 0. The van der Waals surface area contributed by atoms with E-state index in [1.54, 1.807) is 24.8 Å². The highest BCUT2D eigenvalue weighted by atomic mass is 15.0. The molecule has 216 valence electrons. The van der Waals surface area contributed by atoms with E-state index in [0.29, 0.717) is 17.5 Å². The molecule has 0 N–H and O–H groups in total. The minimum Gasteiger partial charge on any atom is -0.265 e. The van der Waals surface area contributed by atoms with Crippen LogP contribution in [0.5, 0.6) is 0 Å². The highest BCUT2D eigenvalue weighted by Gasteiger charge is 2.17. The van der Waals surface area contributed by atoms with E-state index in [1.165, 1.54) is 21.9 Å². The van der Waals surface area contributed by atoms with Gasteiger partial charge in [-0.1, -0.05) is 103 Å². The number of benzene rings is 5. The van der Waals surface area contributed by atoms with Crippen molar-refractivity contribution in [2.24, 2.45) is 0 Å². The monoisotopic (exact) mass is 589 g/mol. The molecule has 0 aliphatic carbocycles. The third kappa shape index (κ3) is 5.31. The number of hydrogen-bond acceptors (Lipinski definition) is 5. The molecule has 8 rings (SSSR count). The van der Waals surface area contributed by atoms with Gasteiger partial charge in [0.1, 0.15) is 0 Å². The Balaban J connectivity index is 1.35. The van der Waals surface area contributed by atoms with Crippen molar-refractivity contribution in [3.8, 4) is 67.5 Å². The second kappa shape index (κ2) is 12.0. The molecule has 0 saturated heterocycles. The first kappa shape index (κ1) is 27.2. The van der Waals surface area contributed by atoms with Crippen LogP contribution >= 0.6 is 0 Å². The lowest BCUT2D eigenvalue weighted by Crippen LogP contribution is -2.00. The first-order valence-corrected chi connectivity index (χ1v) is 15.2. The van der Waals surface area contributed by atoms with Crippen LogP contribution < -0.4 is 0 Å². The van der Waals surface area contributed by atoms with E-state index >= 15 is 0 Å². The fraction of sp³-hybridized carbons (Fsp3) is 0. The zero-order valence-electron chi connectivity index (χ0n) is 24.8. The van der Waals surface area contributed by atoms with Gasteiger partial charge in [-0.25, -0.2) is 15.0 Å². The fourth-order valence-corrected chi connectivity index (χ4v) is 5.88. The van der Waals surface area contributed by atoms with Crippen LogP contribution in [0.4, 0.5) is 0 Å². The molecule has 5 aromatic carbocycles. The van der Waals surface area contributed by atoms with E-state index in [2.05, 4.69) is 119 Å². The lowest BCUT2D eigenvalue weighted by atomic mass is 9.89. The molecule has 8 aromatic rings.